The van der Waals surface area contributed by atoms with Gasteiger partial charge in [-0.3, -0.25) is 4.79 Å². The smallest absolute Gasteiger partial charge is 0.325 e. The highest BCUT2D eigenvalue weighted by Gasteiger charge is 2.37. The number of halogens is 3. The van der Waals surface area contributed by atoms with E-state index in [9.17, 15) is 18.0 Å². The van der Waals surface area contributed by atoms with E-state index >= 15 is 0 Å². The molecule has 0 radical (unpaired) electrons. The number of amides is 1. The number of aryl methyl sites for hydroxylation is 2. The molecule has 4 rings (SSSR count). The lowest BCUT2D eigenvalue weighted by Crippen LogP contribution is -2.15. The molecular weight excluding hydrogens is 439 g/mol. The Bertz CT molecular complexity index is 1140. The Morgan fingerprint density at radius 3 is 2.62 bits per heavy atom. The minimum absolute atomic E-state index is 0.0987. The fourth-order valence-corrected chi connectivity index (χ4v) is 5.33. The predicted octanol–water partition coefficient (Wildman–Crippen LogP) is 5.37. The molecule has 3 aromatic rings. The molecule has 0 unspecified atom stereocenters. The summed E-state index contributed by atoms with van der Waals surface area (Å²) in [4.78, 5) is 21.4. The van der Waals surface area contributed by atoms with Gasteiger partial charge in [0.1, 0.15) is 0 Å². The molecule has 2 heterocycles. The Balaban J connectivity index is 1.46. The average molecular weight is 464 g/mol. The van der Waals surface area contributed by atoms with Gasteiger partial charge in [0.15, 0.2) is 0 Å². The van der Waals surface area contributed by atoms with Gasteiger partial charge in [0, 0.05) is 28.0 Å². The van der Waals surface area contributed by atoms with Gasteiger partial charge in [0.25, 0.3) is 11.6 Å². The van der Waals surface area contributed by atoms with E-state index in [0.29, 0.717) is 28.6 Å². The van der Waals surface area contributed by atoms with Crippen molar-refractivity contribution >= 4 is 29.1 Å². The molecule has 1 N–H and O–H groups in total. The number of fused-ring (bicyclic) bond motifs is 1. The number of para-hydroxylation sites is 1. The van der Waals surface area contributed by atoms with Crippen LogP contribution in [-0.4, -0.2) is 30.7 Å². The van der Waals surface area contributed by atoms with Crippen molar-refractivity contribution in [3.8, 4) is 0 Å². The number of aromatic nitrogens is 4. The van der Waals surface area contributed by atoms with Crippen molar-refractivity contribution in [2.24, 2.45) is 0 Å². The molecule has 1 aliphatic rings. The van der Waals surface area contributed by atoms with E-state index in [0.717, 1.165) is 15.1 Å². The number of carbonyl (C=O) groups is 1. The van der Waals surface area contributed by atoms with E-state index in [1.165, 1.54) is 25.7 Å². The highest BCUT2D eigenvalue weighted by atomic mass is 32.2. The number of nitrogens with one attached hydrogen (secondary N) is 1. The Morgan fingerprint density at radius 1 is 1.19 bits per heavy atom. The zero-order valence-corrected chi connectivity index (χ0v) is 18.7. The maximum absolute atomic E-state index is 13.0. The first-order valence-electron chi connectivity index (χ1n) is 10.6. The van der Waals surface area contributed by atoms with Crippen molar-refractivity contribution in [1.82, 2.24) is 19.6 Å². The molecule has 1 aliphatic carbocycles. The molecule has 0 saturated heterocycles. The van der Waals surface area contributed by atoms with Crippen molar-refractivity contribution < 1.29 is 18.0 Å². The van der Waals surface area contributed by atoms with Crippen LogP contribution in [-0.2, 0) is 17.4 Å². The van der Waals surface area contributed by atoms with Crippen LogP contribution >= 0.6 is 11.8 Å². The Morgan fingerprint density at radius 2 is 1.91 bits per heavy atom. The summed E-state index contributed by atoms with van der Waals surface area (Å²) in [6.45, 7) is 3.37. The molecule has 0 aliphatic heterocycles. The molecule has 1 saturated carbocycles. The third kappa shape index (κ3) is 4.90. The standard InChI is InChI=1S/C22H24F3N5OS/c1-13-16(14(2)30-21(26-13)28-20(29-30)22(23,24)25)11-12-19(31)27-17-9-5-6-10-18(17)32-15-7-3-4-8-15/h5-6,9-10,15H,3-4,7-8,11-12H2,1-2H3,(H,27,31). The van der Waals surface area contributed by atoms with Gasteiger partial charge in [0.05, 0.1) is 5.69 Å². The van der Waals surface area contributed by atoms with Crippen molar-refractivity contribution in [2.45, 2.75) is 68.7 Å². The van der Waals surface area contributed by atoms with Crippen molar-refractivity contribution in [2.75, 3.05) is 5.32 Å². The fraction of sp³-hybridized carbons (Fsp3) is 0.455. The van der Waals surface area contributed by atoms with Crippen LogP contribution < -0.4 is 5.32 Å². The van der Waals surface area contributed by atoms with Gasteiger partial charge in [0.2, 0.25) is 5.91 Å². The number of hydrogen-bond donors (Lipinski definition) is 1. The number of benzene rings is 1. The van der Waals surface area contributed by atoms with Gasteiger partial charge in [-0.15, -0.1) is 16.9 Å². The monoisotopic (exact) mass is 463 g/mol. The molecular formula is C22H24F3N5OS. The number of alkyl halides is 3. The highest BCUT2D eigenvalue weighted by molar-refractivity contribution is 8.00. The molecule has 6 nitrogen and oxygen atoms in total. The number of nitrogens with zero attached hydrogens (tertiary/aromatic N) is 4. The van der Waals surface area contributed by atoms with Crippen molar-refractivity contribution in [3.05, 3.63) is 47.0 Å². The largest absolute Gasteiger partial charge is 0.453 e. The van der Waals surface area contributed by atoms with Crippen LogP contribution in [0.3, 0.4) is 0 Å². The average Bonchev–Trinajstić information content (AvgIpc) is 3.39. The van der Waals surface area contributed by atoms with E-state index in [4.69, 9.17) is 0 Å². The number of hydrogen-bond acceptors (Lipinski definition) is 5. The number of thioether (sulfide) groups is 1. The fourth-order valence-electron chi connectivity index (χ4n) is 4.00. The summed E-state index contributed by atoms with van der Waals surface area (Å²) in [5.74, 6) is -1.48. The Labute approximate surface area is 188 Å². The van der Waals surface area contributed by atoms with E-state index < -0.39 is 12.0 Å². The predicted molar refractivity (Wildman–Crippen MR) is 117 cm³/mol. The maximum Gasteiger partial charge on any atom is 0.453 e. The first-order chi connectivity index (χ1) is 15.2. The molecule has 32 heavy (non-hydrogen) atoms. The lowest BCUT2D eigenvalue weighted by atomic mass is 10.1. The van der Waals surface area contributed by atoms with Crippen molar-refractivity contribution in [1.29, 1.82) is 0 Å². The Hall–Kier alpha value is -2.62. The molecule has 0 atom stereocenters. The quantitative estimate of drug-likeness (QED) is 0.532. The second kappa shape index (κ2) is 9.09. The van der Waals surface area contributed by atoms with Gasteiger partial charge in [-0.25, -0.2) is 9.50 Å². The zero-order chi connectivity index (χ0) is 22.9. The second-order valence-electron chi connectivity index (χ2n) is 7.97. The van der Waals surface area contributed by atoms with Crippen LogP contribution in [0.2, 0.25) is 0 Å². The summed E-state index contributed by atoms with van der Waals surface area (Å²) in [6, 6.07) is 7.78. The molecule has 2 aromatic heterocycles. The zero-order valence-electron chi connectivity index (χ0n) is 17.9. The summed E-state index contributed by atoms with van der Waals surface area (Å²) < 4.78 is 40.0. The summed E-state index contributed by atoms with van der Waals surface area (Å²) in [5, 5.41) is 7.13. The second-order valence-corrected chi connectivity index (χ2v) is 9.32. The molecule has 1 aromatic carbocycles. The topological polar surface area (TPSA) is 72.2 Å². The van der Waals surface area contributed by atoms with Crippen LogP contribution in [0.4, 0.5) is 18.9 Å². The minimum Gasteiger partial charge on any atom is -0.325 e. The SMILES string of the molecule is Cc1nc2nc(C(F)(F)F)nn2c(C)c1CCC(=O)Nc1ccccc1SC1CCCC1. The summed E-state index contributed by atoms with van der Waals surface area (Å²) in [7, 11) is 0. The van der Waals surface area contributed by atoms with E-state index in [1.54, 1.807) is 13.8 Å². The summed E-state index contributed by atoms with van der Waals surface area (Å²) in [5.41, 5.74) is 2.53. The van der Waals surface area contributed by atoms with Crippen LogP contribution in [0, 0.1) is 13.8 Å². The normalized spacial score (nSPS) is 14.9. The molecule has 0 spiro atoms. The number of rotatable bonds is 6. The van der Waals surface area contributed by atoms with Gasteiger partial charge < -0.3 is 5.32 Å². The van der Waals surface area contributed by atoms with E-state index in [2.05, 4.69) is 20.4 Å². The lowest BCUT2D eigenvalue weighted by molar-refractivity contribution is -0.144. The van der Waals surface area contributed by atoms with Crippen molar-refractivity contribution in [3.63, 3.8) is 0 Å². The molecule has 1 fully saturated rings. The summed E-state index contributed by atoms with van der Waals surface area (Å²) >= 11 is 1.81. The highest BCUT2D eigenvalue weighted by Crippen LogP contribution is 2.38. The van der Waals surface area contributed by atoms with Crippen LogP contribution in [0.1, 0.15) is 54.9 Å². The maximum atomic E-state index is 13.0. The van der Waals surface area contributed by atoms with Gasteiger partial charge in [-0.2, -0.15) is 18.2 Å². The number of carbonyl (C=O) groups excluding carboxylic acids is 1. The molecule has 10 heteroatoms. The minimum atomic E-state index is -4.64. The number of anilines is 1. The Kier molecular flexibility index (Phi) is 6.41. The first kappa shape index (κ1) is 22.6. The first-order valence-corrected chi connectivity index (χ1v) is 11.5. The van der Waals surface area contributed by atoms with Crippen LogP contribution in [0.25, 0.3) is 5.78 Å². The van der Waals surface area contributed by atoms with Crippen LogP contribution in [0.15, 0.2) is 29.2 Å². The van der Waals surface area contributed by atoms with Gasteiger partial charge >= 0.3 is 6.18 Å². The lowest BCUT2D eigenvalue weighted by Gasteiger charge is -2.14. The van der Waals surface area contributed by atoms with Crippen LogP contribution in [0.5, 0.6) is 0 Å². The van der Waals surface area contributed by atoms with E-state index in [-0.39, 0.29) is 18.1 Å². The third-order valence-electron chi connectivity index (χ3n) is 5.66. The molecule has 170 valence electrons. The third-order valence-corrected chi connectivity index (χ3v) is 7.08. The molecule has 0 bridgehead atoms. The molecule has 1 amide bonds. The summed E-state index contributed by atoms with van der Waals surface area (Å²) in [6.07, 6.45) is 0.763. The van der Waals surface area contributed by atoms with Gasteiger partial charge in [-0.1, -0.05) is 25.0 Å². The van der Waals surface area contributed by atoms with Gasteiger partial charge in [-0.05, 0) is 50.8 Å². The van der Waals surface area contributed by atoms with E-state index in [1.807, 2.05) is 36.0 Å².